The van der Waals surface area contributed by atoms with E-state index >= 15 is 0 Å². The molecule has 1 atom stereocenters. The third-order valence-corrected chi connectivity index (χ3v) is 6.51. The molecule has 2 aliphatic heterocycles. The molecule has 9 heteroatoms. The molecule has 1 saturated heterocycles. The number of nitriles is 1. The van der Waals surface area contributed by atoms with E-state index in [9.17, 15) is 10.1 Å². The third kappa shape index (κ3) is 4.58. The van der Waals surface area contributed by atoms with E-state index in [1.165, 1.54) is 10.2 Å². The van der Waals surface area contributed by atoms with Crippen LogP contribution in [0, 0.1) is 17.2 Å². The lowest BCUT2D eigenvalue weighted by atomic mass is 9.93. The summed E-state index contributed by atoms with van der Waals surface area (Å²) in [6.07, 6.45) is 4.01. The number of aliphatic imine (C=N–C) groups is 1. The summed E-state index contributed by atoms with van der Waals surface area (Å²) < 4.78 is 7.08. The zero-order valence-corrected chi connectivity index (χ0v) is 19.9. The van der Waals surface area contributed by atoms with E-state index in [1.54, 1.807) is 24.5 Å². The topological polar surface area (TPSA) is 108 Å². The number of anilines is 2. The molecular formula is C28H23N7O2. The number of hydrogen-bond donors (Lipinski definition) is 1. The smallest absolute Gasteiger partial charge is 0.259 e. The Hall–Kier alpha value is -4.81. The molecule has 2 aromatic carbocycles. The Morgan fingerprint density at radius 3 is 2.54 bits per heavy atom. The predicted octanol–water partition coefficient (Wildman–Crippen LogP) is 4.93. The molecule has 0 saturated carbocycles. The molecule has 0 spiro atoms. The van der Waals surface area contributed by atoms with E-state index in [1.807, 2.05) is 42.5 Å². The fraction of sp³-hybridized carbons (Fsp3) is 0.179. The molecule has 37 heavy (non-hydrogen) atoms. The molecule has 2 aromatic heterocycles. The molecule has 4 aromatic rings. The first kappa shape index (κ1) is 22.6. The number of piperidine rings is 1. The van der Waals surface area contributed by atoms with Gasteiger partial charge < -0.3 is 10.1 Å². The van der Waals surface area contributed by atoms with Crippen molar-refractivity contribution in [3.63, 3.8) is 0 Å². The van der Waals surface area contributed by atoms with Crippen molar-refractivity contribution < 1.29 is 9.53 Å². The lowest BCUT2D eigenvalue weighted by molar-refractivity contribution is 0.0806. The van der Waals surface area contributed by atoms with Crippen LogP contribution in [-0.4, -0.2) is 44.4 Å². The number of aromatic nitrogens is 3. The molecular weight excluding hydrogens is 466 g/mol. The van der Waals surface area contributed by atoms with Crippen LogP contribution in [0.1, 0.15) is 22.3 Å². The molecule has 0 aliphatic carbocycles. The average Bonchev–Trinajstić information content (AvgIpc) is 3.28. The molecule has 0 amide bonds. The molecule has 2 aliphatic rings. The Morgan fingerprint density at radius 2 is 1.78 bits per heavy atom. The number of ether oxygens (including phenoxy) is 1. The predicted molar refractivity (Wildman–Crippen MR) is 139 cm³/mol. The fourth-order valence-corrected chi connectivity index (χ4v) is 4.67. The molecule has 6 rings (SSSR count). The minimum absolute atomic E-state index is 0.150. The normalized spacial score (nSPS) is 16.8. The minimum atomic E-state index is -0.367. The maximum Gasteiger partial charge on any atom is 0.259 e. The van der Waals surface area contributed by atoms with E-state index < -0.39 is 0 Å². The second-order valence-corrected chi connectivity index (χ2v) is 8.97. The van der Waals surface area contributed by atoms with Crippen LogP contribution < -0.4 is 10.1 Å². The van der Waals surface area contributed by atoms with Gasteiger partial charge in [0.25, 0.3) is 5.91 Å². The van der Waals surface area contributed by atoms with Crippen molar-refractivity contribution in [3.05, 3.63) is 90.3 Å². The molecule has 4 heterocycles. The van der Waals surface area contributed by atoms with Gasteiger partial charge >= 0.3 is 0 Å². The number of nitrogens with zero attached hydrogens (tertiary/aromatic N) is 6. The Kier molecular flexibility index (Phi) is 5.92. The van der Waals surface area contributed by atoms with Gasteiger partial charge in [-0.25, -0.2) is 4.99 Å². The van der Waals surface area contributed by atoms with E-state index in [-0.39, 0.29) is 17.4 Å². The van der Waals surface area contributed by atoms with Crippen LogP contribution in [0.25, 0.3) is 0 Å². The van der Waals surface area contributed by atoms with Crippen LogP contribution in [0.15, 0.2) is 84.1 Å². The van der Waals surface area contributed by atoms with Gasteiger partial charge in [-0.05, 0) is 48.4 Å². The summed E-state index contributed by atoms with van der Waals surface area (Å²) in [7, 11) is 0. The Bertz CT molecular complexity index is 1510. The van der Waals surface area contributed by atoms with Crippen molar-refractivity contribution in [1.29, 1.82) is 5.26 Å². The molecule has 9 nitrogen and oxygen atoms in total. The Morgan fingerprint density at radius 1 is 1.03 bits per heavy atom. The average molecular weight is 490 g/mol. The summed E-state index contributed by atoms with van der Waals surface area (Å²) in [5.74, 6) is 1.43. The molecule has 1 N–H and O–H groups in total. The zero-order valence-electron chi connectivity index (χ0n) is 19.9. The van der Waals surface area contributed by atoms with Gasteiger partial charge in [-0.15, -0.1) is 5.10 Å². The quantitative estimate of drug-likeness (QED) is 0.409. The lowest BCUT2D eigenvalue weighted by Gasteiger charge is -2.34. The van der Waals surface area contributed by atoms with Crippen LogP contribution in [0.5, 0.6) is 11.5 Å². The van der Waals surface area contributed by atoms with Gasteiger partial charge in [0.05, 0.1) is 5.92 Å². The molecule has 1 fully saturated rings. The highest BCUT2D eigenvalue weighted by Gasteiger charge is 2.38. The fourth-order valence-electron chi connectivity index (χ4n) is 4.67. The van der Waals surface area contributed by atoms with Gasteiger partial charge in [0.2, 0.25) is 0 Å². The van der Waals surface area contributed by atoms with Crippen LogP contribution in [0.4, 0.5) is 17.3 Å². The monoisotopic (exact) mass is 489 g/mol. The summed E-state index contributed by atoms with van der Waals surface area (Å²) in [6, 6.07) is 23.2. The first-order valence-corrected chi connectivity index (χ1v) is 12.0. The van der Waals surface area contributed by atoms with E-state index in [2.05, 4.69) is 38.5 Å². The highest BCUT2D eigenvalue weighted by atomic mass is 16.5. The highest BCUT2D eigenvalue weighted by Crippen LogP contribution is 2.35. The van der Waals surface area contributed by atoms with Gasteiger partial charge in [-0.1, -0.05) is 30.3 Å². The van der Waals surface area contributed by atoms with Crippen molar-refractivity contribution in [2.45, 2.75) is 13.0 Å². The van der Waals surface area contributed by atoms with Crippen molar-refractivity contribution in [2.24, 2.45) is 10.9 Å². The molecule has 1 unspecified atom stereocenters. The summed E-state index contributed by atoms with van der Waals surface area (Å²) in [6.45, 7) is 2.17. The number of benzene rings is 2. The van der Waals surface area contributed by atoms with Crippen molar-refractivity contribution in [1.82, 2.24) is 19.7 Å². The number of carbonyl (C=O) groups is 1. The first-order valence-electron chi connectivity index (χ1n) is 12.0. The lowest BCUT2D eigenvalue weighted by Crippen LogP contribution is -2.47. The second-order valence-electron chi connectivity index (χ2n) is 8.97. The van der Waals surface area contributed by atoms with Crippen molar-refractivity contribution in [3.8, 4) is 17.6 Å². The maximum atomic E-state index is 13.4. The number of pyridine rings is 1. The highest BCUT2D eigenvalue weighted by molar-refractivity contribution is 6.10. The molecule has 0 bridgehead atoms. The van der Waals surface area contributed by atoms with Gasteiger partial charge in [0, 0.05) is 43.4 Å². The van der Waals surface area contributed by atoms with Crippen LogP contribution in [0.3, 0.4) is 0 Å². The molecule has 182 valence electrons. The summed E-state index contributed by atoms with van der Waals surface area (Å²) in [5, 5.41) is 17.5. The Balaban J connectivity index is 1.20. The number of likely N-dealkylation sites (tertiary alicyclic amines) is 1. The van der Waals surface area contributed by atoms with Crippen LogP contribution in [0.2, 0.25) is 0 Å². The summed E-state index contributed by atoms with van der Waals surface area (Å²) in [4.78, 5) is 24.4. The SMILES string of the molecule is N#Cc1c(Nc2ccc(Oc3ccncc3)cc2)nn2c1N=C1CCN(Cc3ccccc3)CC1C2=O. The van der Waals surface area contributed by atoms with Gasteiger partial charge in [0.15, 0.2) is 11.6 Å². The van der Waals surface area contributed by atoms with Crippen molar-refractivity contribution >= 4 is 28.9 Å². The van der Waals surface area contributed by atoms with E-state index in [0.29, 0.717) is 41.8 Å². The summed E-state index contributed by atoms with van der Waals surface area (Å²) in [5.41, 5.74) is 2.99. The minimum Gasteiger partial charge on any atom is -0.457 e. The van der Waals surface area contributed by atoms with Gasteiger partial charge in [-0.2, -0.15) is 9.94 Å². The second kappa shape index (κ2) is 9.68. The maximum absolute atomic E-state index is 13.4. The number of carbonyl (C=O) groups excluding carboxylic acids is 1. The number of rotatable bonds is 6. The standard InChI is InChI=1S/C28H23N7O2/c29-16-23-26(31-20-6-8-21(9-7-20)37-22-10-13-30-14-11-22)33-35-27(23)32-25-12-15-34(18-24(25)28(35)36)17-19-4-2-1-3-5-19/h1-11,13-14,24H,12,15,17-18H2,(H,31,33). The molecule has 0 radical (unpaired) electrons. The van der Waals surface area contributed by atoms with Crippen LogP contribution >= 0.6 is 0 Å². The first-order chi connectivity index (χ1) is 18.2. The van der Waals surface area contributed by atoms with Gasteiger partial charge in [0.1, 0.15) is 23.1 Å². The number of nitrogens with one attached hydrogen (secondary N) is 1. The van der Waals surface area contributed by atoms with Crippen LogP contribution in [-0.2, 0) is 6.54 Å². The summed E-state index contributed by atoms with van der Waals surface area (Å²) >= 11 is 0. The van der Waals surface area contributed by atoms with Gasteiger partial charge in [-0.3, -0.25) is 14.7 Å². The third-order valence-electron chi connectivity index (χ3n) is 6.51. The number of fused-ring (bicyclic) bond motifs is 2. The van der Waals surface area contributed by atoms with E-state index in [0.717, 1.165) is 18.8 Å². The Labute approximate surface area is 213 Å². The van der Waals surface area contributed by atoms with E-state index in [4.69, 9.17) is 9.73 Å². The number of hydrogen-bond acceptors (Lipinski definition) is 8. The van der Waals surface area contributed by atoms with Crippen molar-refractivity contribution in [2.75, 3.05) is 18.4 Å². The zero-order chi connectivity index (χ0) is 25.2. The largest absolute Gasteiger partial charge is 0.457 e.